The highest BCUT2D eigenvalue weighted by Crippen LogP contribution is 2.38. The Morgan fingerprint density at radius 3 is 2.61 bits per heavy atom. The van der Waals surface area contributed by atoms with Crippen LogP contribution in [0.15, 0.2) is 70.4 Å². The van der Waals surface area contributed by atoms with Crippen molar-refractivity contribution in [3.05, 3.63) is 72.5 Å². The quantitative estimate of drug-likeness (QED) is 0.469. The molecule has 2 aromatic heterocycles. The minimum atomic E-state index is -4.17. The minimum absolute atomic E-state index is 0.0481. The molecule has 0 amide bonds. The molecule has 0 aliphatic rings. The van der Waals surface area contributed by atoms with Gasteiger partial charge in [0.15, 0.2) is 0 Å². The number of aromatic hydroxyl groups is 2. The molecule has 2 N–H and O–H groups in total. The van der Waals surface area contributed by atoms with Gasteiger partial charge in [-0.3, -0.25) is 0 Å². The fourth-order valence-electron chi connectivity index (χ4n) is 3.09. The van der Waals surface area contributed by atoms with Crippen LogP contribution in [-0.4, -0.2) is 44.9 Å². The highest BCUT2D eigenvalue weighted by Gasteiger charge is 2.28. The summed E-state index contributed by atoms with van der Waals surface area (Å²) in [6.45, 7) is -0.0956. The Bertz CT molecular complexity index is 1340. The van der Waals surface area contributed by atoms with Crippen LogP contribution in [-0.2, 0) is 16.6 Å². The first-order chi connectivity index (χ1) is 14.8. The van der Waals surface area contributed by atoms with Gasteiger partial charge in [-0.15, -0.1) is 0 Å². The maximum Gasteiger partial charge on any atom is 0.246 e. The highest BCUT2D eigenvalue weighted by molar-refractivity contribution is 7.89. The van der Waals surface area contributed by atoms with Crippen molar-refractivity contribution in [2.45, 2.75) is 11.4 Å². The predicted octanol–water partition coefficient (Wildman–Crippen LogP) is 2.90. The molecular formula is C20H17FN4O5S. The zero-order valence-corrected chi connectivity index (χ0v) is 17.0. The Morgan fingerprint density at radius 1 is 1.13 bits per heavy atom. The molecule has 0 atom stereocenters. The number of benzene rings is 2. The first kappa shape index (κ1) is 20.6. The van der Waals surface area contributed by atoms with E-state index in [0.29, 0.717) is 5.69 Å². The van der Waals surface area contributed by atoms with Crippen molar-refractivity contribution in [3.63, 3.8) is 0 Å². The molecule has 31 heavy (non-hydrogen) atoms. The van der Waals surface area contributed by atoms with Crippen LogP contribution in [0.2, 0.25) is 0 Å². The molecule has 0 aliphatic heterocycles. The monoisotopic (exact) mass is 444 g/mol. The van der Waals surface area contributed by atoms with Crippen LogP contribution >= 0.6 is 0 Å². The second-order valence-electron chi connectivity index (χ2n) is 6.67. The van der Waals surface area contributed by atoms with E-state index in [2.05, 4.69) is 10.3 Å². The molecule has 11 heteroatoms. The molecule has 4 aromatic rings. The summed E-state index contributed by atoms with van der Waals surface area (Å²) >= 11 is 0. The van der Waals surface area contributed by atoms with E-state index in [1.54, 1.807) is 6.07 Å². The average molecular weight is 444 g/mol. The van der Waals surface area contributed by atoms with Gasteiger partial charge in [-0.1, -0.05) is 17.3 Å². The van der Waals surface area contributed by atoms with Gasteiger partial charge < -0.3 is 14.7 Å². The number of rotatable bonds is 6. The number of para-hydroxylation sites is 1. The van der Waals surface area contributed by atoms with Crippen molar-refractivity contribution in [1.82, 2.24) is 19.2 Å². The van der Waals surface area contributed by atoms with E-state index in [0.717, 1.165) is 16.4 Å². The molecule has 0 saturated heterocycles. The summed E-state index contributed by atoms with van der Waals surface area (Å²) < 4.78 is 47.3. The Hall–Kier alpha value is -3.70. The molecule has 0 fully saturated rings. The maximum absolute atomic E-state index is 14.3. The molecule has 0 bridgehead atoms. The number of phenolic OH excluding ortho intramolecular Hbond substituents is 2. The Balaban J connectivity index is 1.80. The zero-order valence-electron chi connectivity index (χ0n) is 16.2. The van der Waals surface area contributed by atoms with E-state index < -0.39 is 32.2 Å². The van der Waals surface area contributed by atoms with Crippen LogP contribution < -0.4 is 0 Å². The number of aromatic nitrogens is 3. The van der Waals surface area contributed by atoms with Crippen LogP contribution in [0.25, 0.3) is 16.9 Å². The summed E-state index contributed by atoms with van der Waals surface area (Å²) in [6.07, 6.45) is 2.70. The lowest BCUT2D eigenvalue weighted by Crippen LogP contribution is -2.26. The topological polar surface area (TPSA) is 122 Å². The summed E-state index contributed by atoms with van der Waals surface area (Å²) in [7, 11) is -2.86. The largest absolute Gasteiger partial charge is 0.507 e. The minimum Gasteiger partial charge on any atom is -0.507 e. The molecule has 2 aromatic carbocycles. The third-order valence-electron chi connectivity index (χ3n) is 4.64. The van der Waals surface area contributed by atoms with Crippen molar-refractivity contribution in [1.29, 1.82) is 0 Å². The van der Waals surface area contributed by atoms with Gasteiger partial charge in [0, 0.05) is 24.7 Å². The first-order valence-corrected chi connectivity index (χ1v) is 10.4. The van der Waals surface area contributed by atoms with Gasteiger partial charge in [-0.2, -0.15) is 9.40 Å². The van der Waals surface area contributed by atoms with Crippen molar-refractivity contribution in [2.75, 3.05) is 7.05 Å². The van der Waals surface area contributed by atoms with Crippen molar-refractivity contribution in [2.24, 2.45) is 0 Å². The second-order valence-corrected chi connectivity index (χ2v) is 8.68. The number of hydrogen-bond acceptors (Lipinski definition) is 7. The third kappa shape index (κ3) is 3.76. The lowest BCUT2D eigenvalue weighted by molar-refractivity contribution is 0.392. The zero-order chi connectivity index (χ0) is 22.2. The summed E-state index contributed by atoms with van der Waals surface area (Å²) in [5, 5.41) is 28.5. The van der Waals surface area contributed by atoms with Crippen LogP contribution in [0, 0.1) is 5.82 Å². The molecule has 0 aliphatic carbocycles. The van der Waals surface area contributed by atoms with Gasteiger partial charge in [0.1, 0.15) is 34.2 Å². The normalized spacial score (nSPS) is 11.8. The molecule has 0 spiro atoms. The summed E-state index contributed by atoms with van der Waals surface area (Å²) in [5.41, 5.74) is 0.773. The lowest BCUT2D eigenvalue weighted by Gasteiger charge is -2.18. The molecule has 4 rings (SSSR count). The van der Waals surface area contributed by atoms with E-state index in [1.807, 2.05) is 0 Å². The van der Waals surface area contributed by atoms with Gasteiger partial charge in [0.2, 0.25) is 10.0 Å². The summed E-state index contributed by atoms with van der Waals surface area (Å²) in [4.78, 5) is -0.437. The fourth-order valence-corrected chi connectivity index (χ4v) is 4.32. The smallest absolute Gasteiger partial charge is 0.246 e. The van der Waals surface area contributed by atoms with E-state index >= 15 is 0 Å². The Morgan fingerprint density at radius 2 is 1.90 bits per heavy atom. The maximum atomic E-state index is 14.3. The molecule has 0 saturated carbocycles. The second kappa shape index (κ2) is 7.85. The average Bonchev–Trinajstić information content (AvgIpc) is 3.40. The van der Waals surface area contributed by atoms with Crippen molar-refractivity contribution >= 4 is 10.0 Å². The van der Waals surface area contributed by atoms with E-state index in [4.69, 9.17) is 4.52 Å². The Kier molecular flexibility index (Phi) is 5.21. The highest BCUT2D eigenvalue weighted by atomic mass is 32.2. The molecule has 160 valence electrons. The van der Waals surface area contributed by atoms with Crippen LogP contribution in [0.5, 0.6) is 11.5 Å². The SMILES string of the molecule is CN(Cc1ccon1)S(=O)(=O)c1cc(-c2ccnn2-c2ccccc2F)c(O)cc1O. The predicted molar refractivity (Wildman–Crippen MR) is 107 cm³/mol. The number of sulfonamides is 1. The third-order valence-corrected chi connectivity index (χ3v) is 6.47. The number of halogens is 1. The van der Waals surface area contributed by atoms with Gasteiger partial charge in [0.25, 0.3) is 0 Å². The van der Waals surface area contributed by atoms with Gasteiger partial charge in [-0.25, -0.2) is 17.5 Å². The number of nitrogens with zero attached hydrogens (tertiary/aromatic N) is 4. The standard InChI is InChI=1S/C20H17FN4O5S/c1-24(12-13-7-9-30-23-13)31(28,29)20-10-14(18(26)11-19(20)27)16-6-8-22-25(16)17-5-3-2-4-15(17)21/h2-11,26-27H,12H2,1H3. The number of hydrogen-bond donors (Lipinski definition) is 2. The molecular weight excluding hydrogens is 427 g/mol. The molecule has 0 unspecified atom stereocenters. The number of phenols is 2. The fraction of sp³-hybridized carbons (Fsp3) is 0.100. The molecule has 2 heterocycles. The first-order valence-electron chi connectivity index (χ1n) is 9.00. The van der Waals surface area contributed by atoms with Crippen LogP contribution in [0.1, 0.15) is 5.69 Å². The van der Waals surface area contributed by atoms with Crippen LogP contribution in [0.3, 0.4) is 0 Å². The summed E-state index contributed by atoms with van der Waals surface area (Å²) in [6, 6.07) is 10.9. The van der Waals surface area contributed by atoms with E-state index in [9.17, 15) is 23.0 Å². The summed E-state index contributed by atoms with van der Waals surface area (Å²) in [5.74, 6) is -1.58. The van der Waals surface area contributed by atoms with Crippen molar-refractivity contribution < 1.29 is 27.5 Å². The van der Waals surface area contributed by atoms with Gasteiger partial charge >= 0.3 is 0 Å². The molecule has 0 radical (unpaired) electrons. The van der Waals surface area contributed by atoms with Gasteiger partial charge in [0.05, 0.1) is 24.1 Å². The van der Waals surface area contributed by atoms with Gasteiger partial charge in [-0.05, 0) is 24.3 Å². The lowest BCUT2D eigenvalue weighted by atomic mass is 10.1. The van der Waals surface area contributed by atoms with E-state index in [1.165, 1.54) is 54.5 Å². The van der Waals surface area contributed by atoms with Crippen LogP contribution in [0.4, 0.5) is 4.39 Å². The van der Waals surface area contributed by atoms with E-state index in [-0.39, 0.29) is 23.5 Å². The molecule has 9 nitrogen and oxygen atoms in total. The Labute approximate surface area is 176 Å². The van der Waals surface area contributed by atoms with Crippen molar-refractivity contribution in [3.8, 4) is 28.4 Å².